The van der Waals surface area contributed by atoms with E-state index in [2.05, 4.69) is 34.7 Å². The van der Waals surface area contributed by atoms with Crippen LogP contribution in [0.25, 0.3) is 0 Å². The van der Waals surface area contributed by atoms with Crippen LogP contribution in [-0.4, -0.2) is 18.1 Å². The van der Waals surface area contributed by atoms with Crippen molar-refractivity contribution in [1.82, 2.24) is 4.98 Å². The van der Waals surface area contributed by atoms with Crippen LogP contribution < -0.4 is 10.6 Å². The van der Waals surface area contributed by atoms with Gasteiger partial charge in [0.1, 0.15) is 11.6 Å². The monoisotopic (exact) mass is 245 g/mol. The van der Waals surface area contributed by atoms with E-state index in [1.807, 2.05) is 6.07 Å². The van der Waals surface area contributed by atoms with Crippen molar-refractivity contribution in [3.05, 3.63) is 18.2 Å². The minimum Gasteiger partial charge on any atom is -0.370 e. The Bertz CT molecular complexity index is 384. The summed E-state index contributed by atoms with van der Waals surface area (Å²) in [5.41, 5.74) is 0. The van der Waals surface area contributed by atoms with Gasteiger partial charge in [0.25, 0.3) is 0 Å². The second-order valence-corrected chi connectivity index (χ2v) is 5.66. The molecular weight excluding hydrogens is 222 g/mol. The third-order valence-corrected chi connectivity index (χ3v) is 4.08. The topological polar surface area (TPSA) is 37.0 Å². The van der Waals surface area contributed by atoms with Crippen molar-refractivity contribution in [3.63, 3.8) is 0 Å². The zero-order valence-electron chi connectivity index (χ0n) is 11.2. The fourth-order valence-electron chi connectivity index (χ4n) is 2.80. The van der Waals surface area contributed by atoms with E-state index in [9.17, 15) is 0 Å². The number of anilines is 2. The van der Waals surface area contributed by atoms with Crippen LogP contribution in [0.5, 0.6) is 0 Å². The summed E-state index contributed by atoms with van der Waals surface area (Å²) in [4.78, 5) is 4.57. The second-order valence-electron chi connectivity index (χ2n) is 5.66. The molecule has 0 atom stereocenters. The molecule has 98 valence electrons. The Morgan fingerprint density at radius 3 is 2.28 bits per heavy atom. The van der Waals surface area contributed by atoms with Gasteiger partial charge in [-0.25, -0.2) is 4.98 Å². The number of nitrogens with one attached hydrogen (secondary N) is 2. The maximum absolute atomic E-state index is 4.57. The maximum Gasteiger partial charge on any atom is 0.128 e. The summed E-state index contributed by atoms with van der Waals surface area (Å²) in [6.45, 7) is 4.12. The van der Waals surface area contributed by atoms with Crippen molar-refractivity contribution < 1.29 is 0 Å². The molecule has 3 heteroatoms. The lowest BCUT2D eigenvalue weighted by Crippen LogP contribution is -2.18. The molecule has 1 aromatic heterocycles. The minimum absolute atomic E-state index is 0.898. The van der Waals surface area contributed by atoms with E-state index in [1.54, 1.807) is 0 Å². The van der Waals surface area contributed by atoms with Crippen molar-refractivity contribution in [2.45, 2.75) is 32.6 Å². The van der Waals surface area contributed by atoms with Gasteiger partial charge in [0.05, 0.1) is 0 Å². The fraction of sp³-hybridized carbons (Fsp3) is 0.667. The van der Waals surface area contributed by atoms with E-state index < -0.39 is 0 Å². The number of hydrogen-bond acceptors (Lipinski definition) is 3. The SMILES string of the molecule is CCNc1cccc(NCC(C2CC2)C2CC2)n1. The van der Waals surface area contributed by atoms with Crippen LogP contribution >= 0.6 is 0 Å². The molecule has 2 aliphatic carbocycles. The molecule has 0 bridgehead atoms. The molecule has 2 aliphatic rings. The lowest BCUT2D eigenvalue weighted by molar-refractivity contribution is 0.428. The van der Waals surface area contributed by atoms with Crippen molar-refractivity contribution in [1.29, 1.82) is 0 Å². The summed E-state index contributed by atoms with van der Waals surface area (Å²) in [6, 6.07) is 6.15. The van der Waals surface area contributed by atoms with Crippen molar-refractivity contribution in [2.75, 3.05) is 23.7 Å². The summed E-state index contributed by atoms with van der Waals surface area (Å²) < 4.78 is 0. The molecule has 0 aliphatic heterocycles. The second kappa shape index (κ2) is 5.17. The van der Waals surface area contributed by atoms with Gasteiger partial charge >= 0.3 is 0 Å². The average molecular weight is 245 g/mol. The molecule has 3 nitrogen and oxygen atoms in total. The van der Waals surface area contributed by atoms with E-state index in [1.165, 1.54) is 25.7 Å². The van der Waals surface area contributed by atoms with Gasteiger partial charge in [-0.2, -0.15) is 0 Å². The smallest absolute Gasteiger partial charge is 0.128 e. The predicted molar refractivity (Wildman–Crippen MR) is 75.8 cm³/mol. The first-order valence-corrected chi connectivity index (χ1v) is 7.31. The predicted octanol–water partition coefficient (Wildman–Crippen LogP) is 3.36. The lowest BCUT2D eigenvalue weighted by atomic mass is 9.98. The Hall–Kier alpha value is -1.25. The van der Waals surface area contributed by atoms with Gasteiger partial charge in [-0.05, 0) is 62.5 Å². The summed E-state index contributed by atoms with van der Waals surface area (Å²) in [6.07, 6.45) is 5.81. The summed E-state index contributed by atoms with van der Waals surface area (Å²) >= 11 is 0. The van der Waals surface area contributed by atoms with Crippen LogP contribution in [0.1, 0.15) is 32.6 Å². The molecule has 1 heterocycles. The van der Waals surface area contributed by atoms with E-state index in [-0.39, 0.29) is 0 Å². The zero-order chi connectivity index (χ0) is 12.4. The highest BCUT2D eigenvalue weighted by Crippen LogP contribution is 2.49. The Kier molecular flexibility index (Phi) is 3.39. The Balaban J connectivity index is 1.56. The van der Waals surface area contributed by atoms with Gasteiger partial charge < -0.3 is 10.6 Å². The van der Waals surface area contributed by atoms with Crippen molar-refractivity contribution >= 4 is 11.6 Å². The average Bonchev–Trinajstić information content (AvgIpc) is 3.25. The number of aromatic nitrogens is 1. The highest BCUT2D eigenvalue weighted by Gasteiger charge is 2.40. The third kappa shape index (κ3) is 2.95. The standard InChI is InChI=1S/C15H23N3/c1-2-16-14-4-3-5-15(18-14)17-10-13(11-6-7-11)12-8-9-12/h3-5,11-13H,2,6-10H2,1H3,(H2,16,17,18). The fourth-order valence-corrected chi connectivity index (χ4v) is 2.80. The molecule has 2 N–H and O–H groups in total. The quantitative estimate of drug-likeness (QED) is 0.773. The zero-order valence-corrected chi connectivity index (χ0v) is 11.2. The molecule has 0 saturated heterocycles. The molecule has 0 radical (unpaired) electrons. The number of hydrogen-bond donors (Lipinski definition) is 2. The molecule has 0 unspecified atom stereocenters. The van der Waals surface area contributed by atoms with Crippen LogP contribution in [0.4, 0.5) is 11.6 Å². The van der Waals surface area contributed by atoms with Crippen LogP contribution in [0, 0.1) is 17.8 Å². The lowest BCUT2D eigenvalue weighted by Gasteiger charge is -2.17. The molecule has 1 aromatic rings. The van der Waals surface area contributed by atoms with E-state index in [4.69, 9.17) is 0 Å². The van der Waals surface area contributed by atoms with E-state index in [0.29, 0.717) is 0 Å². The summed E-state index contributed by atoms with van der Waals surface area (Å²) in [5, 5.41) is 6.79. The summed E-state index contributed by atoms with van der Waals surface area (Å²) in [5.74, 6) is 4.88. The first-order chi connectivity index (χ1) is 8.86. The molecular formula is C15H23N3. The molecule has 2 saturated carbocycles. The number of rotatable bonds is 7. The molecule has 0 aromatic carbocycles. The maximum atomic E-state index is 4.57. The van der Waals surface area contributed by atoms with Gasteiger partial charge in [0.15, 0.2) is 0 Å². The number of pyridine rings is 1. The first-order valence-electron chi connectivity index (χ1n) is 7.31. The molecule has 3 rings (SSSR count). The van der Waals surface area contributed by atoms with Crippen LogP contribution in [0.15, 0.2) is 18.2 Å². The third-order valence-electron chi connectivity index (χ3n) is 4.08. The van der Waals surface area contributed by atoms with Crippen molar-refractivity contribution in [2.24, 2.45) is 17.8 Å². The molecule has 2 fully saturated rings. The number of nitrogens with zero attached hydrogens (tertiary/aromatic N) is 1. The van der Waals surface area contributed by atoms with Gasteiger partial charge in [-0.3, -0.25) is 0 Å². The van der Waals surface area contributed by atoms with Gasteiger partial charge in [-0.1, -0.05) is 6.07 Å². The van der Waals surface area contributed by atoms with Crippen molar-refractivity contribution in [3.8, 4) is 0 Å². The van der Waals surface area contributed by atoms with Gasteiger partial charge in [-0.15, -0.1) is 0 Å². The van der Waals surface area contributed by atoms with Gasteiger partial charge in [0.2, 0.25) is 0 Å². The van der Waals surface area contributed by atoms with E-state index >= 15 is 0 Å². The highest BCUT2D eigenvalue weighted by molar-refractivity contribution is 5.45. The highest BCUT2D eigenvalue weighted by atomic mass is 15.1. The normalized spacial score (nSPS) is 19.0. The Morgan fingerprint density at radius 2 is 1.72 bits per heavy atom. The largest absolute Gasteiger partial charge is 0.370 e. The first kappa shape index (κ1) is 11.8. The van der Waals surface area contributed by atoms with E-state index in [0.717, 1.165) is 42.5 Å². The minimum atomic E-state index is 0.898. The summed E-state index contributed by atoms with van der Waals surface area (Å²) in [7, 11) is 0. The Labute approximate surface area is 109 Å². The molecule has 0 spiro atoms. The van der Waals surface area contributed by atoms with Crippen LogP contribution in [0.2, 0.25) is 0 Å². The van der Waals surface area contributed by atoms with Gasteiger partial charge in [0, 0.05) is 13.1 Å². The Morgan fingerprint density at radius 1 is 1.11 bits per heavy atom. The molecule has 0 amide bonds. The molecule has 18 heavy (non-hydrogen) atoms. The van der Waals surface area contributed by atoms with Crippen LogP contribution in [0.3, 0.4) is 0 Å². The van der Waals surface area contributed by atoms with Crippen LogP contribution in [-0.2, 0) is 0 Å².